The van der Waals surface area contributed by atoms with Crippen LogP contribution in [-0.4, -0.2) is 28.2 Å². The lowest BCUT2D eigenvalue weighted by Gasteiger charge is -2.09. The van der Waals surface area contributed by atoms with Gasteiger partial charge in [-0.1, -0.05) is 0 Å². The van der Waals surface area contributed by atoms with E-state index in [0.29, 0.717) is 12.1 Å². The molecule has 2 aromatic carbocycles. The standard InChI is InChI=1S/C21H20FN3O2S/c1-11(2)27-18-8-19-16(7-15(18)22)25-21(28-19)14-5-12(3)6-17-20(14)23-9-13(24-17)10-26-4/h5-9,11H,10H2,1-4H3. The summed E-state index contributed by atoms with van der Waals surface area (Å²) in [6.07, 6.45) is 1.61. The molecule has 0 saturated carbocycles. The second kappa shape index (κ2) is 7.41. The van der Waals surface area contributed by atoms with Gasteiger partial charge in [0.15, 0.2) is 11.6 Å². The van der Waals surface area contributed by atoms with Gasteiger partial charge in [0.05, 0.1) is 45.9 Å². The van der Waals surface area contributed by atoms with Crippen molar-refractivity contribution in [1.29, 1.82) is 0 Å². The van der Waals surface area contributed by atoms with Gasteiger partial charge >= 0.3 is 0 Å². The van der Waals surface area contributed by atoms with Crippen LogP contribution in [0.2, 0.25) is 0 Å². The first-order chi connectivity index (χ1) is 13.4. The number of thiazole rings is 1. The fraction of sp³-hybridized carbons (Fsp3) is 0.286. The highest BCUT2D eigenvalue weighted by Gasteiger charge is 2.16. The summed E-state index contributed by atoms with van der Waals surface area (Å²) in [6, 6.07) is 7.17. The summed E-state index contributed by atoms with van der Waals surface area (Å²) in [5.41, 5.74) is 4.88. The average molecular weight is 397 g/mol. The van der Waals surface area contributed by atoms with Gasteiger partial charge in [-0.15, -0.1) is 11.3 Å². The molecule has 0 unspecified atom stereocenters. The van der Waals surface area contributed by atoms with Crippen LogP contribution in [0, 0.1) is 12.7 Å². The van der Waals surface area contributed by atoms with Gasteiger partial charge in [0.2, 0.25) is 0 Å². The molecule has 0 radical (unpaired) electrons. The summed E-state index contributed by atoms with van der Waals surface area (Å²) in [5, 5.41) is 0.776. The maximum Gasteiger partial charge on any atom is 0.167 e. The molecule has 4 aromatic rings. The predicted octanol–water partition coefficient (Wildman–Crippen LogP) is 5.29. The second-order valence-corrected chi connectivity index (χ2v) is 7.94. The van der Waals surface area contributed by atoms with Crippen molar-refractivity contribution in [3.8, 4) is 16.3 Å². The van der Waals surface area contributed by atoms with Gasteiger partial charge in [-0.05, 0) is 38.5 Å². The highest BCUT2D eigenvalue weighted by molar-refractivity contribution is 7.21. The van der Waals surface area contributed by atoms with Crippen molar-refractivity contribution in [2.75, 3.05) is 7.11 Å². The number of nitrogens with zero attached hydrogens (tertiary/aromatic N) is 3. The van der Waals surface area contributed by atoms with Crippen molar-refractivity contribution < 1.29 is 13.9 Å². The Morgan fingerprint density at radius 2 is 1.93 bits per heavy atom. The zero-order valence-electron chi connectivity index (χ0n) is 16.1. The van der Waals surface area contributed by atoms with Gasteiger partial charge in [0, 0.05) is 24.8 Å². The zero-order chi connectivity index (χ0) is 19.8. The number of ether oxygens (including phenoxy) is 2. The minimum absolute atomic E-state index is 0.100. The lowest BCUT2D eigenvalue weighted by atomic mass is 10.1. The molecule has 0 fully saturated rings. The molecule has 144 valence electrons. The van der Waals surface area contributed by atoms with Crippen molar-refractivity contribution in [3.63, 3.8) is 0 Å². The Labute approximate surface area is 166 Å². The minimum Gasteiger partial charge on any atom is -0.488 e. The molecule has 0 spiro atoms. The number of rotatable bonds is 5. The Balaban J connectivity index is 1.86. The normalized spacial score (nSPS) is 11.6. The molecule has 0 bridgehead atoms. The Morgan fingerprint density at radius 3 is 2.68 bits per heavy atom. The maximum absolute atomic E-state index is 14.3. The highest BCUT2D eigenvalue weighted by atomic mass is 32.1. The van der Waals surface area contributed by atoms with Crippen LogP contribution in [0.25, 0.3) is 31.8 Å². The van der Waals surface area contributed by atoms with Gasteiger partial charge < -0.3 is 9.47 Å². The molecule has 0 aliphatic heterocycles. The lowest BCUT2D eigenvalue weighted by molar-refractivity contribution is 0.181. The molecule has 0 N–H and O–H groups in total. The van der Waals surface area contributed by atoms with Crippen LogP contribution >= 0.6 is 11.3 Å². The van der Waals surface area contributed by atoms with E-state index in [2.05, 4.69) is 15.0 Å². The highest BCUT2D eigenvalue weighted by Crippen LogP contribution is 2.36. The van der Waals surface area contributed by atoms with Gasteiger partial charge in [-0.2, -0.15) is 0 Å². The van der Waals surface area contributed by atoms with E-state index in [1.54, 1.807) is 19.4 Å². The molecule has 7 heteroatoms. The van der Waals surface area contributed by atoms with Gasteiger partial charge in [0.25, 0.3) is 0 Å². The van der Waals surface area contributed by atoms with Crippen LogP contribution in [-0.2, 0) is 11.3 Å². The van der Waals surface area contributed by atoms with Crippen LogP contribution in [0.3, 0.4) is 0 Å². The van der Waals surface area contributed by atoms with Crippen molar-refractivity contribution in [1.82, 2.24) is 15.0 Å². The maximum atomic E-state index is 14.3. The third-order valence-corrected chi connectivity index (χ3v) is 5.22. The largest absolute Gasteiger partial charge is 0.488 e. The van der Waals surface area contributed by atoms with Gasteiger partial charge in [-0.3, -0.25) is 4.98 Å². The minimum atomic E-state index is -0.406. The molecular formula is C21H20FN3O2S. The van der Waals surface area contributed by atoms with Crippen molar-refractivity contribution in [2.24, 2.45) is 0 Å². The van der Waals surface area contributed by atoms with Crippen LogP contribution < -0.4 is 4.74 Å². The molecule has 0 saturated heterocycles. The zero-order valence-corrected chi connectivity index (χ0v) is 16.9. The molecule has 2 heterocycles. The number of aryl methyl sites for hydroxylation is 1. The fourth-order valence-electron chi connectivity index (χ4n) is 3.07. The molecule has 0 aliphatic carbocycles. The molecule has 4 rings (SSSR count). The van der Waals surface area contributed by atoms with Crippen molar-refractivity contribution >= 4 is 32.6 Å². The van der Waals surface area contributed by atoms with E-state index >= 15 is 0 Å². The lowest BCUT2D eigenvalue weighted by Crippen LogP contribution is -2.06. The van der Waals surface area contributed by atoms with Gasteiger partial charge in [0.1, 0.15) is 5.01 Å². The molecule has 0 amide bonds. The Kier molecular flexibility index (Phi) is 4.95. The topological polar surface area (TPSA) is 57.1 Å². The molecule has 28 heavy (non-hydrogen) atoms. The molecule has 2 aromatic heterocycles. The van der Waals surface area contributed by atoms with Crippen molar-refractivity contribution in [2.45, 2.75) is 33.5 Å². The van der Waals surface area contributed by atoms with Crippen LogP contribution in [0.1, 0.15) is 25.1 Å². The Bertz CT molecular complexity index is 1170. The third-order valence-electron chi connectivity index (χ3n) is 4.17. The summed E-state index contributed by atoms with van der Waals surface area (Å²) < 4.78 is 25.9. The van der Waals surface area contributed by atoms with Crippen molar-refractivity contribution in [3.05, 3.63) is 47.5 Å². The smallest absolute Gasteiger partial charge is 0.167 e. The average Bonchev–Trinajstić information content (AvgIpc) is 3.03. The molecule has 0 aliphatic rings. The molecule has 0 atom stereocenters. The van der Waals surface area contributed by atoms with E-state index in [4.69, 9.17) is 9.47 Å². The number of hydrogen-bond acceptors (Lipinski definition) is 6. The number of aromatic nitrogens is 3. The van der Waals surface area contributed by atoms with E-state index in [-0.39, 0.29) is 11.9 Å². The number of methoxy groups -OCH3 is 1. The Morgan fingerprint density at radius 1 is 1.11 bits per heavy atom. The summed E-state index contributed by atoms with van der Waals surface area (Å²) in [7, 11) is 1.63. The monoisotopic (exact) mass is 397 g/mol. The second-order valence-electron chi connectivity index (χ2n) is 6.91. The van der Waals surface area contributed by atoms with Crippen LogP contribution in [0.5, 0.6) is 5.75 Å². The summed E-state index contributed by atoms with van der Waals surface area (Å²) in [6.45, 7) is 6.16. The number of fused-ring (bicyclic) bond motifs is 2. The van der Waals surface area contributed by atoms with E-state index in [9.17, 15) is 4.39 Å². The number of benzene rings is 2. The number of hydrogen-bond donors (Lipinski definition) is 0. The predicted molar refractivity (Wildman–Crippen MR) is 109 cm³/mol. The molecular weight excluding hydrogens is 377 g/mol. The quantitative estimate of drug-likeness (QED) is 0.458. The van der Waals surface area contributed by atoms with Crippen LogP contribution in [0.15, 0.2) is 30.5 Å². The third kappa shape index (κ3) is 3.55. The first kappa shape index (κ1) is 18.7. The summed E-state index contributed by atoms with van der Waals surface area (Å²) in [5.74, 6) is -0.160. The van der Waals surface area contributed by atoms with Crippen LogP contribution in [0.4, 0.5) is 4.39 Å². The van der Waals surface area contributed by atoms with E-state index in [0.717, 1.165) is 37.6 Å². The van der Waals surface area contributed by atoms with E-state index < -0.39 is 5.82 Å². The Hall–Kier alpha value is -2.64. The van der Waals surface area contributed by atoms with E-state index in [1.807, 2.05) is 32.9 Å². The summed E-state index contributed by atoms with van der Waals surface area (Å²) in [4.78, 5) is 13.9. The number of halogens is 1. The first-order valence-electron chi connectivity index (χ1n) is 8.97. The van der Waals surface area contributed by atoms with Gasteiger partial charge in [-0.25, -0.2) is 14.4 Å². The summed E-state index contributed by atoms with van der Waals surface area (Å²) >= 11 is 1.49. The fourth-order valence-corrected chi connectivity index (χ4v) is 4.07. The molecule has 5 nitrogen and oxygen atoms in total. The first-order valence-corrected chi connectivity index (χ1v) is 9.78. The SMILES string of the molecule is COCc1cnc2c(-c3nc4cc(F)c(OC(C)C)cc4s3)cc(C)cc2n1. The van der Waals surface area contributed by atoms with E-state index in [1.165, 1.54) is 17.4 Å².